The third-order valence-electron chi connectivity index (χ3n) is 2.94. The number of pyridine rings is 1. The van der Waals surface area contributed by atoms with Crippen molar-refractivity contribution in [2.24, 2.45) is 0 Å². The minimum Gasteiger partial charge on any atom is -0.221 e. The van der Waals surface area contributed by atoms with Crippen LogP contribution in [-0.2, 0) is 6.18 Å². The number of hydrogen-bond acceptors (Lipinski definition) is 2. The van der Waals surface area contributed by atoms with E-state index in [9.17, 15) is 13.2 Å². The summed E-state index contributed by atoms with van der Waals surface area (Å²) in [5, 5.41) is 4.19. The molecule has 2 aromatic heterocycles. The summed E-state index contributed by atoms with van der Waals surface area (Å²) in [7, 11) is 0. The molecular weight excluding hydrogens is 267 g/mol. The van der Waals surface area contributed by atoms with Gasteiger partial charge in [-0.3, -0.25) is 0 Å². The third-order valence-corrected chi connectivity index (χ3v) is 2.94. The molecule has 0 unspecified atom stereocenters. The number of alkyl halides is 3. The summed E-state index contributed by atoms with van der Waals surface area (Å²) in [6, 6.07) is 8.69. The minimum atomic E-state index is -4.37. The number of fused-ring (bicyclic) bond motifs is 1. The van der Waals surface area contributed by atoms with Gasteiger partial charge >= 0.3 is 6.18 Å². The molecule has 0 N–H and O–H groups in total. The Morgan fingerprint density at radius 3 is 2.65 bits per heavy atom. The van der Waals surface area contributed by atoms with Crippen molar-refractivity contribution < 1.29 is 13.2 Å². The molecule has 6 heteroatoms. The van der Waals surface area contributed by atoms with Gasteiger partial charge in [-0.1, -0.05) is 12.1 Å². The Labute approximate surface area is 112 Å². The van der Waals surface area contributed by atoms with Gasteiger partial charge in [0.15, 0.2) is 11.5 Å². The summed E-state index contributed by atoms with van der Waals surface area (Å²) in [5.74, 6) is 0.279. The van der Waals surface area contributed by atoms with E-state index in [1.54, 1.807) is 16.8 Å². The Morgan fingerprint density at radius 2 is 1.90 bits per heavy atom. The first-order valence-electron chi connectivity index (χ1n) is 5.94. The van der Waals surface area contributed by atoms with E-state index in [-0.39, 0.29) is 5.82 Å². The maximum atomic E-state index is 12.7. The summed E-state index contributed by atoms with van der Waals surface area (Å²) in [6.45, 7) is 1.92. The highest BCUT2D eigenvalue weighted by Crippen LogP contribution is 2.31. The highest BCUT2D eigenvalue weighted by atomic mass is 19.4. The first-order chi connectivity index (χ1) is 9.43. The zero-order valence-electron chi connectivity index (χ0n) is 10.5. The van der Waals surface area contributed by atoms with Gasteiger partial charge in [-0.25, -0.2) is 9.50 Å². The Hall–Kier alpha value is -2.37. The fourth-order valence-electron chi connectivity index (χ4n) is 1.94. The fraction of sp³-hybridized carbons (Fsp3) is 0.143. The summed E-state index contributed by atoms with van der Waals surface area (Å²) < 4.78 is 39.6. The van der Waals surface area contributed by atoms with Gasteiger partial charge < -0.3 is 0 Å². The first-order valence-corrected chi connectivity index (χ1v) is 5.94. The Morgan fingerprint density at radius 1 is 1.10 bits per heavy atom. The average molecular weight is 277 g/mol. The molecule has 0 aliphatic carbocycles. The second-order valence-electron chi connectivity index (χ2n) is 4.52. The topological polar surface area (TPSA) is 30.2 Å². The van der Waals surface area contributed by atoms with Crippen LogP contribution in [0.3, 0.4) is 0 Å². The second-order valence-corrected chi connectivity index (χ2v) is 4.52. The lowest BCUT2D eigenvalue weighted by Crippen LogP contribution is -2.04. The molecule has 0 radical (unpaired) electrons. The third kappa shape index (κ3) is 2.24. The van der Waals surface area contributed by atoms with Gasteiger partial charge in [0.25, 0.3) is 0 Å². The Balaban J connectivity index is 2.11. The molecule has 3 aromatic rings. The molecule has 20 heavy (non-hydrogen) atoms. The summed E-state index contributed by atoms with van der Waals surface area (Å²) in [6.07, 6.45) is -2.64. The molecule has 102 valence electrons. The van der Waals surface area contributed by atoms with E-state index in [1.165, 1.54) is 6.07 Å². The molecule has 0 saturated heterocycles. The van der Waals surface area contributed by atoms with Gasteiger partial charge in [0.05, 0.1) is 5.56 Å². The molecular formula is C14H10F3N3. The zero-order valence-corrected chi connectivity index (χ0v) is 10.5. The Kier molecular flexibility index (Phi) is 2.74. The SMILES string of the molecule is Cc1ccn2nc(-c3cccc(C(F)(F)F)c3)nc2c1. The monoisotopic (exact) mass is 277 g/mol. The van der Waals surface area contributed by atoms with Crippen LogP contribution < -0.4 is 0 Å². The molecule has 1 aromatic carbocycles. The zero-order chi connectivity index (χ0) is 14.3. The molecule has 0 amide bonds. The quantitative estimate of drug-likeness (QED) is 0.678. The number of rotatable bonds is 1. The normalized spacial score (nSPS) is 12.0. The molecule has 0 aliphatic rings. The van der Waals surface area contributed by atoms with Crippen LogP contribution in [0.2, 0.25) is 0 Å². The number of aromatic nitrogens is 3. The van der Waals surface area contributed by atoms with Crippen LogP contribution in [0.4, 0.5) is 13.2 Å². The van der Waals surface area contributed by atoms with Crippen molar-refractivity contribution in [2.45, 2.75) is 13.1 Å². The van der Waals surface area contributed by atoms with Gasteiger partial charge in [0.1, 0.15) is 0 Å². The summed E-state index contributed by atoms with van der Waals surface area (Å²) in [5.41, 5.74) is 1.27. The molecule has 3 nitrogen and oxygen atoms in total. The van der Waals surface area contributed by atoms with Crippen molar-refractivity contribution in [1.82, 2.24) is 14.6 Å². The van der Waals surface area contributed by atoms with Crippen LogP contribution in [-0.4, -0.2) is 14.6 Å². The molecule has 0 spiro atoms. The number of hydrogen-bond donors (Lipinski definition) is 0. The van der Waals surface area contributed by atoms with Gasteiger partial charge in [-0.2, -0.15) is 13.2 Å². The molecule has 0 fully saturated rings. The lowest BCUT2D eigenvalue weighted by atomic mass is 10.1. The van der Waals surface area contributed by atoms with E-state index in [0.717, 1.165) is 17.7 Å². The van der Waals surface area contributed by atoms with Crippen molar-refractivity contribution in [1.29, 1.82) is 0 Å². The highest BCUT2D eigenvalue weighted by molar-refractivity contribution is 5.59. The smallest absolute Gasteiger partial charge is 0.221 e. The van der Waals surface area contributed by atoms with E-state index >= 15 is 0 Å². The van der Waals surface area contributed by atoms with E-state index in [0.29, 0.717) is 11.2 Å². The largest absolute Gasteiger partial charge is 0.416 e. The van der Waals surface area contributed by atoms with E-state index < -0.39 is 11.7 Å². The van der Waals surface area contributed by atoms with Crippen LogP contribution in [0.15, 0.2) is 42.6 Å². The predicted octanol–water partition coefficient (Wildman–Crippen LogP) is 3.72. The van der Waals surface area contributed by atoms with Crippen molar-refractivity contribution in [2.75, 3.05) is 0 Å². The van der Waals surface area contributed by atoms with Gasteiger partial charge in [0, 0.05) is 11.8 Å². The molecule has 3 rings (SSSR count). The van der Waals surface area contributed by atoms with Crippen molar-refractivity contribution in [3.8, 4) is 11.4 Å². The standard InChI is InChI=1S/C14H10F3N3/c1-9-5-6-20-12(7-9)18-13(19-20)10-3-2-4-11(8-10)14(15,16)17/h2-8H,1H3. The first kappa shape index (κ1) is 12.7. The van der Waals surface area contributed by atoms with Crippen LogP contribution in [0.1, 0.15) is 11.1 Å². The molecule has 0 bridgehead atoms. The Bertz CT molecular complexity index is 775. The van der Waals surface area contributed by atoms with Crippen molar-refractivity contribution in [3.63, 3.8) is 0 Å². The maximum absolute atomic E-state index is 12.7. The predicted molar refractivity (Wildman–Crippen MR) is 68.2 cm³/mol. The lowest BCUT2D eigenvalue weighted by Gasteiger charge is -2.06. The van der Waals surface area contributed by atoms with Crippen molar-refractivity contribution in [3.05, 3.63) is 53.7 Å². The van der Waals surface area contributed by atoms with Crippen LogP contribution in [0, 0.1) is 6.92 Å². The van der Waals surface area contributed by atoms with E-state index in [1.807, 2.05) is 19.1 Å². The van der Waals surface area contributed by atoms with Crippen LogP contribution in [0.5, 0.6) is 0 Å². The number of halogens is 3. The van der Waals surface area contributed by atoms with E-state index in [2.05, 4.69) is 10.1 Å². The number of nitrogens with zero attached hydrogens (tertiary/aromatic N) is 3. The van der Waals surface area contributed by atoms with Crippen LogP contribution in [0.25, 0.3) is 17.0 Å². The molecule has 2 heterocycles. The fourth-order valence-corrected chi connectivity index (χ4v) is 1.94. The van der Waals surface area contributed by atoms with Gasteiger partial charge in [0.2, 0.25) is 0 Å². The number of aryl methyl sites for hydroxylation is 1. The van der Waals surface area contributed by atoms with Gasteiger partial charge in [-0.05, 0) is 36.8 Å². The van der Waals surface area contributed by atoms with Gasteiger partial charge in [-0.15, -0.1) is 5.10 Å². The lowest BCUT2D eigenvalue weighted by molar-refractivity contribution is -0.137. The van der Waals surface area contributed by atoms with E-state index in [4.69, 9.17) is 0 Å². The van der Waals surface area contributed by atoms with Crippen LogP contribution >= 0.6 is 0 Å². The highest BCUT2D eigenvalue weighted by Gasteiger charge is 2.30. The summed E-state index contributed by atoms with van der Waals surface area (Å²) in [4.78, 5) is 4.25. The second kappa shape index (κ2) is 4.33. The molecule has 0 aliphatic heterocycles. The molecule has 0 atom stereocenters. The number of benzene rings is 1. The average Bonchev–Trinajstić information content (AvgIpc) is 2.81. The molecule has 0 saturated carbocycles. The maximum Gasteiger partial charge on any atom is 0.416 e. The minimum absolute atomic E-state index is 0.279. The summed E-state index contributed by atoms with van der Waals surface area (Å²) >= 11 is 0. The van der Waals surface area contributed by atoms with Crippen molar-refractivity contribution >= 4 is 5.65 Å².